The van der Waals surface area contributed by atoms with Gasteiger partial charge in [-0.15, -0.1) is 0 Å². The molecule has 27 heavy (non-hydrogen) atoms. The summed E-state index contributed by atoms with van der Waals surface area (Å²) >= 11 is 12.0. The first-order valence-corrected chi connectivity index (χ1v) is 9.57. The SMILES string of the molecule is Cc1c(Cl)cccc1NC(=S)N1CCn2cccc2[C@@H]1c1ccccc1F. The minimum Gasteiger partial charge on any atom is -0.348 e. The van der Waals surface area contributed by atoms with E-state index in [9.17, 15) is 4.39 Å². The highest BCUT2D eigenvalue weighted by Gasteiger charge is 2.32. The Morgan fingerprint density at radius 2 is 1.93 bits per heavy atom. The molecule has 0 saturated carbocycles. The quantitative estimate of drug-likeness (QED) is 0.583. The normalized spacial score (nSPS) is 16.1. The molecule has 0 aliphatic carbocycles. The van der Waals surface area contributed by atoms with Gasteiger partial charge in [-0.3, -0.25) is 0 Å². The fourth-order valence-electron chi connectivity index (χ4n) is 3.56. The van der Waals surface area contributed by atoms with Crippen LogP contribution in [0.4, 0.5) is 10.1 Å². The van der Waals surface area contributed by atoms with Crippen molar-refractivity contribution in [3.63, 3.8) is 0 Å². The number of nitrogens with one attached hydrogen (secondary N) is 1. The van der Waals surface area contributed by atoms with E-state index in [1.54, 1.807) is 6.07 Å². The lowest BCUT2D eigenvalue weighted by Gasteiger charge is -2.39. The number of nitrogens with zero attached hydrogens (tertiary/aromatic N) is 2. The average molecular weight is 400 g/mol. The van der Waals surface area contributed by atoms with Crippen molar-refractivity contribution in [1.82, 2.24) is 9.47 Å². The molecule has 138 valence electrons. The number of aromatic nitrogens is 1. The monoisotopic (exact) mass is 399 g/mol. The van der Waals surface area contributed by atoms with Crippen LogP contribution in [0.25, 0.3) is 0 Å². The smallest absolute Gasteiger partial charge is 0.174 e. The van der Waals surface area contributed by atoms with Crippen LogP contribution >= 0.6 is 23.8 Å². The largest absolute Gasteiger partial charge is 0.348 e. The van der Waals surface area contributed by atoms with Gasteiger partial charge < -0.3 is 14.8 Å². The molecular weight excluding hydrogens is 381 g/mol. The number of rotatable bonds is 2. The molecule has 1 N–H and O–H groups in total. The molecule has 1 aliphatic heterocycles. The molecule has 4 rings (SSSR count). The topological polar surface area (TPSA) is 20.2 Å². The predicted octanol–water partition coefficient (Wildman–Crippen LogP) is 5.39. The minimum absolute atomic E-state index is 0.233. The standard InChI is InChI=1S/C21H19ClFN3S/c1-14-16(22)7-4-9-18(14)24-21(27)26-13-12-25-11-5-10-19(25)20(26)15-6-2-3-8-17(15)23/h2-11,20H,12-13H2,1H3,(H,24,27)/t20-/m0/s1. The second kappa shape index (κ2) is 7.33. The molecular formula is C21H19ClFN3S. The molecule has 0 radical (unpaired) electrons. The van der Waals surface area contributed by atoms with E-state index in [1.807, 2.05) is 60.5 Å². The van der Waals surface area contributed by atoms with E-state index >= 15 is 0 Å². The molecule has 3 aromatic rings. The zero-order valence-electron chi connectivity index (χ0n) is 14.8. The third kappa shape index (κ3) is 3.33. The van der Waals surface area contributed by atoms with Crippen LogP contribution in [0.3, 0.4) is 0 Å². The van der Waals surface area contributed by atoms with E-state index in [4.69, 9.17) is 23.8 Å². The van der Waals surface area contributed by atoms with Gasteiger partial charge in [0.25, 0.3) is 0 Å². The Morgan fingerprint density at radius 1 is 1.11 bits per heavy atom. The van der Waals surface area contributed by atoms with Crippen molar-refractivity contribution in [2.75, 3.05) is 11.9 Å². The summed E-state index contributed by atoms with van der Waals surface area (Å²) in [7, 11) is 0. The van der Waals surface area contributed by atoms with E-state index in [-0.39, 0.29) is 11.9 Å². The molecule has 0 fully saturated rings. The maximum Gasteiger partial charge on any atom is 0.174 e. The Bertz CT molecular complexity index is 1000. The molecule has 1 atom stereocenters. The third-order valence-electron chi connectivity index (χ3n) is 5.01. The van der Waals surface area contributed by atoms with Crippen LogP contribution in [0.2, 0.25) is 5.02 Å². The van der Waals surface area contributed by atoms with E-state index in [1.165, 1.54) is 6.07 Å². The zero-order valence-corrected chi connectivity index (χ0v) is 16.4. The highest BCUT2D eigenvalue weighted by atomic mass is 35.5. The van der Waals surface area contributed by atoms with Gasteiger partial charge in [0.05, 0.1) is 6.04 Å². The van der Waals surface area contributed by atoms with Crippen molar-refractivity contribution in [3.8, 4) is 0 Å². The fraction of sp³-hybridized carbons (Fsp3) is 0.190. The maximum absolute atomic E-state index is 14.6. The van der Waals surface area contributed by atoms with Crippen molar-refractivity contribution in [3.05, 3.63) is 88.5 Å². The third-order valence-corrected chi connectivity index (χ3v) is 5.75. The molecule has 1 aliphatic rings. The number of fused-ring (bicyclic) bond motifs is 1. The molecule has 0 saturated heterocycles. The highest BCUT2D eigenvalue weighted by Crippen LogP contribution is 2.34. The molecule has 0 bridgehead atoms. The van der Waals surface area contributed by atoms with Crippen molar-refractivity contribution < 1.29 is 4.39 Å². The maximum atomic E-state index is 14.6. The van der Waals surface area contributed by atoms with Crippen molar-refractivity contribution >= 4 is 34.6 Å². The van der Waals surface area contributed by atoms with E-state index in [0.717, 1.165) is 23.5 Å². The number of benzene rings is 2. The first kappa shape index (κ1) is 18.0. The summed E-state index contributed by atoms with van der Waals surface area (Å²) in [6.07, 6.45) is 2.03. The van der Waals surface area contributed by atoms with Crippen LogP contribution in [0, 0.1) is 12.7 Å². The Balaban J connectivity index is 1.71. The predicted molar refractivity (Wildman–Crippen MR) is 112 cm³/mol. The van der Waals surface area contributed by atoms with Gasteiger partial charge in [-0.2, -0.15) is 0 Å². The van der Waals surface area contributed by atoms with Gasteiger partial charge in [-0.05, 0) is 55.0 Å². The van der Waals surface area contributed by atoms with Gasteiger partial charge in [-0.1, -0.05) is 35.9 Å². The average Bonchev–Trinajstić information content (AvgIpc) is 3.14. The van der Waals surface area contributed by atoms with Gasteiger partial charge in [-0.25, -0.2) is 4.39 Å². The Labute approximate surface area is 168 Å². The van der Waals surface area contributed by atoms with Gasteiger partial charge in [0.1, 0.15) is 5.82 Å². The first-order chi connectivity index (χ1) is 13.1. The van der Waals surface area contributed by atoms with Gasteiger partial charge in [0, 0.05) is 41.3 Å². The molecule has 2 aromatic carbocycles. The summed E-state index contributed by atoms with van der Waals surface area (Å²) in [4.78, 5) is 2.05. The Kier molecular flexibility index (Phi) is 4.89. The Hall–Kier alpha value is -2.37. The van der Waals surface area contributed by atoms with Crippen molar-refractivity contribution in [2.45, 2.75) is 19.5 Å². The summed E-state index contributed by atoms with van der Waals surface area (Å²) in [5.41, 5.74) is 3.44. The lowest BCUT2D eigenvalue weighted by atomic mass is 10.00. The lowest BCUT2D eigenvalue weighted by Crippen LogP contribution is -2.44. The number of halogens is 2. The van der Waals surface area contributed by atoms with Crippen LogP contribution in [0.1, 0.15) is 22.9 Å². The highest BCUT2D eigenvalue weighted by molar-refractivity contribution is 7.80. The van der Waals surface area contributed by atoms with Crippen LogP contribution < -0.4 is 5.32 Å². The second-order valence-electron chi connectivity index (χ2n) is 6.59. The molecule has 3 nitrogen and oxygen atoms in total. The summed E-state index contributed by atoms with van der Waals surface area (Å²) in [6.45, 7) is 3.43. The zero-order chi connectivity index (χ0) is 19.0. The summed E-state index contributed by atoms with van der Waals surface area (Å²) in [6, 6.07) is 16.3. The van der Waals surface area contributed by atoms with Gasteiger partial charge >= 0.3 is 0 Å². The molecule has 6 heteroatoms. The van der Waals surface area contributed by atoms with E-state index in [0.29, 0.717) is 22.2 Å². The fourth-order valence-corrected chi connectivity index (χ4v) is 4.04. The summed E-state index contributed by atoms with van der Waals surface area (Å²) in [5.74, 6) is -0.233. The van der Waals surface area contributed by atoms with E-state index in [2.05, 4.69) is 9.88 Å². The van der Waals surface area contributed by atoms with Crippen LogP contribution in [0.5, 0.6) is 0 Å². The van der Waals surface area contributed by atoms with Crippen LogP contribution in [-0.2, 0) is 6.54 Å². The minimum atomic E-state index is -0.283. The summed E-state index contributed by atoms with van der Waals surface area (Å²) < 4.78 is 16.8. The van der Waals surface area contributed by atoms with E-state index < -0.39 is 0 Å². The van der Waals surface area contributed by atoms with Crippen molar-refractivity contribution in [2.24, 2.45) is 0 Å². The molecule has 0 unspecified atom stereocenters. The Morgan fingerprint density at radius 3 is 2.74 bits per heavy atom. The first-order valence-electron chi connectivity index (χ1n) is 8.78. The van der Waals surface area contributed by atoms with Crippen LogP contribution in [-0.4, -0.2) is 21.1 Å². The van der Waals surface area contributed by atoms with Crippen LogP contribution in [0.15, 0.2) is 60.8 Å². The molecule has 0 amide bonds. The number of hydrogen-bond acceptors (Lipinski definition) is 1. The number of hydrogen-bond donors (Lipinski definition) is 1. The molecule has 0 spiro atoms. The number of thiocarbonyl (C=S) groups is 1. The lowest BCUT2D eigenvalue weighted by molar-refractivity contribution is 0.288. The van der Waals surface area contributed by atoms with Crippen molar-refractivity contribution in [1.29, 1.82) is 0 Å². The number of anilines is 1. The summed E-state index contributed by atoms with van der Waals surface area (Å²) in [5, 5.41) is 4.54. The van der Waals surface area contributed by atoms with Gasteiger partial charge in [0.15, 0.2) is 5.11 Å². The molecule has 1 aromatic heterocycles. The molecule has 2 heterocycles. The second-order valence-corrected chi connectivity index (χ2v) is 7.38. The van der Waals surface area contributed by atoms with Gasteiger partial charge in [0.2, 0.25) is 0 Å².